The van der Waals surface area contributed by atoms with Crippen molar-refractivity contribution in [3.05, 3.63) is 34.9 Å². The van der Waals surface area contributed by atoms with Crippen molar-refractivity contribution in [2.24, 2.45) is 0 Å². The van der Waals surface area contributed by atoms with Gasteiger partial charge in [-0.3, -0.25) is 9.69 Å². The summed E-state index contributed by atoms with van der Waals surface area (Å²) in [5, 5.41) is 9.61. The Hall–Kier alpha value is -1.10. The SMILES string of the molecule is CC(C)N(CCCO)CC(=O)N(C)Cc1cccc(Cl)c1. The normalized spacial score (nSPS) is 11.2. The minimum atomic E-state index is 0.0709. The van der Waals surface area contributed by atoms with Gasteiger partial charge in [-0.2, -0.15) is 0 Å². The van der Waals surface area contributed by atoms with Crippen LogP contribution in [0.15, 0.2) is 24.3 Å². The molecular formula is C16H25ClN2O2. The minimum absolute atomic E-state index is 0.0709. The summed E-state index contributed by atoms with van der Waals surface area (Å²) >= 11 is 5.96. The third kappa shape index (κ3) is 6.46. The molecule has 0 aliphatic rings. The van der Waals surface area contributed by atoms with E-state index in [4.69, 9.17) is 16.7 Å². The summed E-state index contributed by atoms with van der Waals surface area (Å²) in [5.41, 5.74) is 1.02. The number of amides is 1. The first kappa shape index (κ1) is 18.0. The van der Waals surface area contributed by atoms with Crippen LogP contribution < -0.4 is 0 Å². The topological polar surface area (TPSA) is 43.8 Å². The molecule has 0 atom stereocenters. The van der Waals surface area contributed by atoms with E-state index in [1.54, 1.807) is 11.9 Å². The number of likely N-dealkylation sites (N-methyl/N-ethyl adjacent to an activating group) is 1. The highest BCUT2D eigenvalue weighted by Gasteiger charge is 2.16. The van der Waals surface area contributed by atoms with Gasteiger partial charge >= 0.3 is 0 Å². The lowest BCUT2D eigenvalue weighted by Crippen LogP contribution is -2.42. The van der Waals surface area contributed by atoms with Gasteiger partial charge in [-0.05, 0) is 38.0 Å². The molecule has 0 spiro atoms. The van der Waals surface area contributed by atoms with E-state index in [-0.39, 0.29) is 18.6 Å². The van der Waals surface area contributed by atoms with Gasteiger partial charge < -0.3 is 10.0 Å². The van der Waals surface area contributed by atoms with Crippen molar-refractivity contribution in [2.45, 2.75) is 32.9 Å². The van der Waals surface area contributed by atoms with Gasteiger partial charge in [0, 0.05) is 37.8 Å². The molecule has 1 N–H and O–H groups in total. The molecule has 5 heteroatoms. The quantitative estimate of drug-likeness (QED) is 0.801. The number of benzene rings is 1. The van der Waals surface area contributed by atoms with Crippen LogP contribution in [0.4, 0.5) is 0 Å². The number of rotatable bonds is 8. The lowest BCUT2D eigenvalue weighted by atomic mass is 10.2. The molecule has 118 valence electrons. The van der Waals surface area contributed by atoms with Crippen molar-refractivity contribution in [1.82, 2.24) is 9.80 Å². The van der Waals surface area contributed by atoms with Crippen molar-refractivity contribution in [1.29, 1.82) is 0 Å². The van der Waals surface area contributed by atoms with E-state index in [0.717, 1.165) is 12.1 Å². The number of nitrogens with zero attached hydrogens (tertiary/aromatic N) is 2. The fourth-order valence-corrected chi connectivity index (χ4v) is 2.30. The Morgan fingerprint density at radius 3 is 2.67 bits per heavy atom. The maximum Gasteiger partial charge on any atom is 0.236 e. The molecule has 0 unspecified atom stereocenters. The molecule has 4 nitrogen and oxygen atoms in total. The van der Waals surface area contributed by atoms with Crippen LogP contribution in [0, 0.1) is 0 Å². The Balaban J connectivity index is 2.56. The lowest BCUT2D eigenvalue weighted by Gasteiger charge is -2.28. The third-order valence-corrected chi connectivity index (χ3v) is 3.64. The van der Waals surface area contributed by atoms with E-state index in [0.29, 0.717) is 24.5 Å². The van der Waals surface area contributed by atoms with Gasteiger partial charge in [0.1, 0.15) is 0 Å². The lowest BCUT2D eigenvalue weighted by molar-refractivity contribution is -0.132. The summed E-state index contributed by atoms with van der Waals surface area (Å²) in [4.78, 5) is 16.1. The first-order valence-corrected chi connectivity index (χ1v) is 7.65. The maximum absolute atomic E-state index is 12.3. The number of carbonyl (C=O) groups excluding carboxylic acids is 1. The van der Waals surface area contributed by atoms with Crippen LogP contribution in [-0.2, 0) is 11.3 Å². The van der Waals surface area contributed by atoms with Crippen LogP contribution in [-0.4, -0.2) is 53.6 Å². The second-order valence-corrected chi connectivity index (χ2v) is 5.96. The molecule has 0 aromatic heterocycles. The number of hydrogen-bond donors (Lipinski definition) is 1. The Bertz CT molecular complexity index is 452. The van der Waals surface area contributed by atoms with E-state index in [9.17, 15) is 4.79 Å². The Morgan fingerprint density at radius 1 is 1.38 bits per heavy atom. The van der Waals surface area contributed by atoms with Gasteiger partial charge in [-0.15, -0.1) is 0 Å². The average Bonchev–Trinajstić information content (AvgIpc) is 2.42. The van der Waals surface area contributed by atoms with Gasteiger partial charge in [0.25, 0.3) is 0 Å². The maximum atomic E-state index is 12.3. The number of aliphatic hydroxyl groups is 1. The number of aliphatic hydroxyl groups excluding tert-OH is 1. The standard InChI is InChI=1S/C16H25ClN2O2/c1-13(2)19(8-5-9-20)12-16(21)18(3)11-14-6-4-7-15(17)10-14/h4,6-7,10,13,20H,5,8-9,11-12H2,1-3H3. The Kier molecular flexibility index (Phi) is 7.72. The van der Waals surface area contributed by atoms with Crippen LogP contribution in [0.25, 0.3) is 0 Å². The highest BCUT2D eigenvalue weighted by atomic mass is 35.5. The zero-order chi connectivity index (χ0) is 15.8. The molecular weight excluding hydrogens is 288 g/mol. The predicted molar refractivity (Wildman–Crippen MR) is 86.3 cm³/mol. The van der Waals surface area contributed by atoms with Gasteiger partial charge in [0.2, 0.25) is 5.91 Å². The summed E-state index contributed by atoms with van der Waals surface area (Å²) in [6.07, 6.45) is 0.684. The van der Waals surface area contributed by atoms with Gasteiger partial charge in [0.15, 0.2) is 0 Å². The molecule has 1 rings (SSSR count). The van der Waals surface area contributed by atoms with Gasteiger partial charge in [-0.25, -0.2) is 0 Å². The first-order chi connectivity index (χ1) is 9.93. The van der Waals surface area contributed by atoms with Crippen LogP contribution >= 0.6 is 11.6 Å². The van der Waals surface area contributed by atoms with E-state index >= 15 is 0 Å². The minimum Gasteiger partial charge on any atom is -0.396 e. The Morgan fingerprint density at radius 2 is 2.10 bits per heavy atom. The zero-order valence-electron chi connectivity index (χ0n) is 13.1. The molecule has 0 fully saturated rings. The molecule has 0 heterocycles. The molecule has 21 heavy (non-hydrogen) atoms. The van der Waals surface area contributed by atoms with Crippen LogP contribution in [0.5, 0.6) is 0 Å². The molecule has 1 amide bonds. The van der Waals surface area contributed by atoms with E-state index in [1.165, 1.54) is 0 Å². The van der Waals surface area contributed by atoms with Crippen molar-refractivity contribution in [3.8, 4) is 0 Å². The smallest absolute Gasteiger partial charge is 0.236 e. The summed E-state index contributed by atoms with van der Waals surface area (Å²) in [7, 11) is 1.80. The number of hydrogen-bond acceptors (Lipinski definition) is 3. The fraction of sp³-hybridized carbons (Fsp3) is 0.562. The van der Waals surface area contributed by atoms with Crippen LogP contribution in [0.1, 0.15) is 25.8 Å². The van der Waals surface area contributed by atoms with Crippen molar-refractivity contribution in [3.63, 3.8) is 0 Å². The van der Waals surface area contributed by atoms with Gasteiger partial charge in [0.05, 0.1) is 6.54 Å². The van der Waals surface area contributed by atoms with Crippen LogP contribution in [0.3, 0.4) is 0 Å². The van der Waals surface area contributed by atoms with Crippen LogP contribution in [0.2, 0.25) is 5.02 Å². The fourth-order valence-electron chi connectivity index (χ4n) is 2.09. The largest absolute Gasteiger partial charge is 0.396 e. The van der Waals surface area contributed by atoms with E-state index in [1.807, 2.05) is 24.3 Å². The summed E-state index contributed by atoms with van der Waals surface area (Å²) in [5.74, 6) is 0.0709. The summed E-state index contributed by atoms with van der Waals surface area (Å²) in [6.45, 7) is 5.91. The molecule has 1 aromatic carbocycles. The average molecular weight is 313 g/mol. The molecule has 0 saturated carbocycles. The third-order valence-electron chi connectivity index (χ3n) is 3.41. The number of halogens is 1. The molecule has 0 radical (unpaired) electrons. The molecule has 0 bridgehead atoms. The predicted octanol–water partition coefficient (Wildman–Crippen LogP) is 2.39. The second-order valence-electron chi connectivity index (χ2n) is 5.52. The summed E-state index contributed by atoms with van der Waals surface area (Å²) < 4.78 is 0. The molecule has 0 aliphatic heterocycles. The number of carbonyl (C=O) groups is 1. The van der Waals surface area contributed by atoms with Crippen molar-refractivity contribution >= 4 is 17.5 Å². The van der Waals surface area contributed by atoms with Crippen molar-refractivity contribution in [2.75, 3.05) is 26.7 Å². The van der Waals surface area contributed by atoms with E-state index < -0.39 is 0 Å². The molecule has 0 saturated heterocycles. The highest BCUT2D eigenvalue weighted by molar-refractivity contribution is 6.30. The molecule has 1 aromatic rings. The Labute approximate surface area is 132 Å². The van der Waals surface area contributed by atoms with E-state index in [2.05, 4.69) is 18.7 Å². The second kappa shape index (κ2) is 9.03. The molecule has 0 aliphatic carbocycles. The highest BCUT2D eigenvalue weighted by Crippen LogP contribution is 2.12. The zero-order valence-corrected chi connectivity index (χ0v) is 13.8. The van der Waals surface area contributed by atoms with Crippen molar-refractivity contribution < 1.29 is 9.90 Å². The van der Waals surface area contributed by atoms with Gasteiger partial charge in [-0.1, -0.05) is 23.7 Å². The summed E-state index contributed by atoms with van der Waals surface area (Å²) in [6, 6.07) is 7.82. The monoisotopic (exact) mass is 312 g/mol. The first-order valence-electron chi connectivity index (χ1n) is 7.27.